The number of anilines is 1. The first kappa shape index (κ1) is 23.7. The van der Waals surface area contributed by atoms with Gasteiger partial charge in [-0.25, -0.2) is 13.9 Å². The third kappa shape index (κ3) is 4.76. The highest BCUT2D eigenvalue weighted by Gasteiger charge is 2.35. The number of aliphatic hydroxyl groups is 1. The van der Waals surface area contributed by atoms with Crippen molar-refractivity contribution in [2.24, 2.45) is 0 Å². The zero-order chi connectivity index (χ0) is 24.8. The number of hydrogen-bond donors (Lipinski definition) is 2. The summed E-state index contributed by atoms with van der Waals surface area (Å²) >= 11 is 0. The molecule has 1 fully saturated rings. The summed E-state index contributed by atoms with van der Waals surface area (Å²) in [4.78, 5) is 19.8. The van der Waals surface area contributed by atoms with E-state index in [0.717, 1.165) is 49.1 Å². The Balaban J connectivity index is 1.64. The molecule has 0 aliphatic carbocycles. The van der Waals surface area contributed by atoms with Crippen LogP contribution in [0.1, 0.15) is 47.8 Å². The Morgan fingerprint density at radius 3 is 2.53 bits per heavy atom. The fourth-order valence-corrected chi connectivity index (χ4v) is 3.78. The van der Waals surface area contributed by atoms with Gasteiger partial charge in [0.15, 0.2) is 17.2 Å². The predicted octanol–water partition coefficient (Wildman–Crippen LogP) is 3.53. The smallest absolute Gasteiger partial charge is 0.403 e. The minimum Gasteiger partial charge on any atom is -0.403 e. The molecule has 12 heteroatoms. The van der Waals surface area contributed by atoms with Crippen molar-refractivity contribution in [1.82, 2.24) is 19.9 Å². The van der Waals surface area contributed by atoms with Crippen molar-refractivity contribution in [3.63, 3.8) is 0 Å². The van der Waals surface area contributed by atoms with E-state index in [4.69, 9.17) is 0 Å². The Bertz CT molecular complexity index is 1230. The molecule has 1 amide bonds. The van der Waals surface area contributed by atoms with E-state index in [9.17, 15) is 27.5 Å². The predicted molar refractivity (Wildman–Crippen MR) is 114 cm³/mol. The van der Waals surface area contributed by atoms with Crippen LogP contribution in [-0.2, 0) is 0 Å². The second-order valence-electron chi connectivity index (χ2n) is 8.71. The average molecular weight is 481 g/mol. The maximum Gasteiger partial charge on any atom is 0.573 e. The van der Waals surface area contributed by atoms with E-state index in [0.29, 0.717) is 5.65 Å². The number of amides is 1. The van der Waals surface area contributed by atoms with E-state index in [-0.39, 0.29) is 11.1 Å². The van der Waals surface area contributed by atoms with Crippen LogP contribution in [0.4, 0.5) is 23.4 Å². The number of aryl methyl sites for hydroxylation is 1. The molecule has 2 aromatic heterocycles. The van der Waals surface area contributed by atoms with Gasteiger partial charge in [0.1, 0.15) is 11.4 Å². The van der Waals surface area contributed by atoms with Gasteiger partial charge in [0.05, 0.1) is 17.8 Å². The van der Waals surface area contributed by atoms with Gasteiger partial charge < -0.3 is 20.1 Å². The molecule has 0 spiro atoms. The number of halogens is 4. The number of carbonyl (C=O) groups excluding carboxylic acids is 1. The van der Waals surface area contributed by atoms with Crippen molar-refractivity contribution in [2.75, 3.05) is 18.0 Å². The van der Waals surface area contributed by atoms with E-state index < -0.39 is 35.5 Å². The second kappa shape index (κ2) is 8.42. The number of rotatable bonds is 6. The monoisotopic (exact) mass is 481 g/mol. The molecule has 8 nitrogen and oxygen atoms in total. The van der Waals surface area contributed by atoms with Crippen molar-refractivity contribution >= 4 is 17.4 Å². The summed E-state index contributed by atoms with van der Waals surface area (Å²) in [5.74, 6) is -2.19. The largest absolute Gasteiger partial charge is 0.573 e. The number of nitrogens with one attached hydrogen (secondary N) is 1. The molecule has 0 saturated carbocycles. The minimum atomic E-state index is -5.06. The Labute approximate surface area is 192 Å². The summed E-state index contributed by atoms with van der Waals surface area (Å²) in [7, 11) is 0. The van der Waals surface area contributed by atoms with Gasteiger partial charge in [0.2, 0.25) is 0 Å². The van der Waals surface area contributed by atoms with Crippen LogP contribution in [0.5, 0.6) is 5.75 Å². The number of carbonyl (C=O) groups is 1. The van der Waals surface area contributed by atoms with Gasteiger partial charge in [-0.2, -0.15) is 5.10 Å². The van der Waals surface area contributed by atoms with E-state index in [1.165, 1.54) is 24.6 Å². The van der Waals surface area contributed by atoms with Crippen molar-refractivity contribution < 1.29 is 32.2 Å². The normalized spacial score (nSPS) is 15.2. The fourth-order valence-electron chi connectivity index (χ4n) is 3.78. The molecule has 2 N–H and O–H groups in total. The van der Waals surface area contributed by atoms with Gasteiger partial charge in [0, 0.05) is 24.8 Å². The average Bonchev–Trinajstić information content (AvgIpc) is 3.07. The third-order valence-electron chi connectivity index (χ3n) is 5.55. The Hall–Kier alpha value is -3.41. The van der Waals surface area contributed by atoms with Gasteiger partial charge in [0.25, 0.3) is 5.91 Å². The molecule has 0 bridgehead atoms. The highest BCUT2D eigenvalue weighted by molar-refractivity contribution is 6.00. The lowest BCUT2D eigenvalue weighted by Crippen LogP contribution is -2.42. The summed E-state index contributed by atoms with van der Waals surface area (Å²) < 4.78 is 56.8. The fraction of sp³-hybridized carbons (Fsp3) is 0.409. The zero-order valence-corrected chi connectivity index (χ0v) is 18.6. The van der Waals surface area contributed by atoms with E-state index in [1.54, 1.807) is 6.20 Å². The molecule has 4 rings (SSSR count). The molecule has 1 saturated heterocycles. The van der Waals surface area contributed by atoms with Gasteiger partial charge in [-0.1, -0.05) is 6.07 Å². The van der Waals surface area contributed by atoms with Crippen LogP contribution >= 0.6 is 0 Å². The van der Waals surface area contributed by atoms with Crippen molar-refractivity contribution in [3.05, 3.63) is 53.1 Å². The van der Waals surface area contributed by atoms with Crippen LogP contribution in [0.3, 0.4) is 0 Å². The molecular weight excluding hydrogens is 458 g/mol. The molecule has 0 radical (unpaired) electrons. The summed E-state index contributed by atoms with van der Waals surface area (Å²) in [5.41, 5.74) is -0.208. The van der Waals surface area contributed by atoms with E-state index in [2.05, 4.69) is 25.0 Å². The number of ether oxygens (including phenoxy) is 1. The molecule has 1 unspecified atom stereocenters. The Morgan fingerprint density at radius 1 is 1.26 bits per heavy atom. The van der Waals surface area contributed by atoms with E-state index >= 15 is 0 Å². The van der Waals surface area contributed by atoms with Crippen molar-refractivity contribution in [2.45, 2.75) is 45.2 Å². The highest BCUT2D eigenvalue weighted by atomic mass is 19.4. The first-order valence-electron chi connectivity index (χ1n) is 10.5. The molecule has 1 aliphatic rings. The molecule has 34 heavy (non-hydrogen) atoms. The first-order chi connectivity index (χ1) is 15.8. The summed E-state index contributed by atoms with van der Waals surface area (Å²) in [6, 6.07) is 1.56. The molecule has 1 aliphatic heterocycles. The first-order valence-corrected chi connectivity index (χ1v) is 10.5. The minimum absolute atomic E-state index is 0.0504. The lowest BCUT2D eigenvalue weighted by molar-refractivity contribution is -0.275. The number of fused-ring (bicyclic) bond motifs is 1. The summed E-state index contributed by atoms with van der Waals surface area (Å²) in [6.07, 6.45) is -0.917. The second-order valence-corrected chi connectivity index (χ2v) is 8.71. The quantitative estimate of drug-likeness (QED) is 0.524. The maximum atomic E-state index is 14.3. The molecule has 1 atom stereocenters. The summed E-state index contributed by atoms with van der Waals surface area (Å²) in [5, 5.41) is 17.4. The molecular formula is C22H23F4N5O3. The molecule has 1 aromatic carbocycles. The van der Waals surface area contributed by atoms with Crippen LogP contribution in [0, 0.1) is 12.7 Å². The van der Waals surface area contributed by atoms with Crippen molar-refractivity contribution in [3.8, 4) is 5.75 Å². The third-order valence-corrected chi connectivity index (χ3v) is 5.55. The standard InChI is InChI=1S/C22H23F4N5O3/c1-12-11-31-19(29-18(12)30-7-4-8-30)14(10-27-31)20(32)28-17(21(2,3)33)13-5-6-16(15(23)9-13)34-22(24,25)26/h5-6,9-11,17,33H,4,7-8H2,1-3H3,(H,28,32). The van der Waals surface area contributed by atoms with Gasteiger partial charge >= 0.3 is 6.36 Å². The van der Waals surface area contributed by atoms with Crippen LogP contribution in [-0.4, -0.2) is 50.7 Å². The van der Waals surface area contributed by atoms with Crippen LogP contribution in [0.2, 0.25) is 0 Å². The Kier molecular flexibility index (Phi) is 5.88. The van der Waals surface area contributed by atoms with Gasteiger partial charge in [-0.15, -0.1) is 13.2 Å². The van der Waals surface area contributed by atoms with Crippen molar-refractivity contribution in [1.29, 1.82) is 0 Å². The zero-order valence-electron chi connectivity index (χ0n) is 18.6. The Morgan fingerprint density at radius 2 is 1.97 bits per heavy atom. The number of aromatic nitrogens is 3. The molecule has 182 valence electrons. The molecule has 3 heterocycles. The van der Waals surface area contributed by atoms with Crippen LogP contribution < -0.4 is 15.0 Å². The van der Waals surface area contributed by atoms with E-state index in [1.807, 2.05) is 6.92 Å². The number of nitrogens with zero attached hydrogens (tertiary/aromatic N) is 4. The number of benzene rings is 1. The lowest BCUT2D eigenvalue weighted by Gasteiger charge is -2.33. The van der Waals surface area contributed by atoms with Gasteiger partial charge in [-0.05, 0) is 44.9 Å². The lowest BCUT2D eigenvalue weighted by atomic mass is 9.91. The number of alkyl halides is 3. The molecule has 3 aromatic rings. The van der Waals surface area contributed by atoms with Crippen LogP contribution in [0.25, 0.3) is 5.65 Å². The number of hydrogen-bond acceptors (Lipinski definition) is 6. The summed E-state index contributed by atoms with van der Waals surface area (Å²) in [6.45, 7) is 6.39. The topological polar surface area (TPSA) is 92.0 Å². The SMILES string of the molecule is Cc1cn2ncc(C(=O)NC(c3ccc(OC(F)(F)F)c(F)c3)C(C)(C)O)c2nc1N1CCC1. The maximum absolute atomic E-state index is 14.3. The van der Waals surface area contributed by atoms with Crippen LogP contribution in [0.15, 0.2) is 30.6 Å². The highest BCUT2D eigenvalue weighted by Crippen LogP contribution is 2.32. The van der Waals surface area contributed by atoms with Gasteiger partial charge in [-0.3, -0.25) is 4.79 Å².